The van der Waals surface area contributed by atoms with E-state index < -0.39 is 16.7 Å². The molecule has 1 aromatic carbocycles. The van der Waals surface area contributed by atoms with Gasteiger partial charge < -0.3 is 15.5 Å². The highest BCUT2D eigenvalue weighted by atomic mass is 32.2. The zero-order valence-electron chi connectivity index (χ0n) is 11.4. The van der Waals surface area contributed by atoms with Gasteiger partial charge in [0.05, 0.1) is 15.9 Å². The molecule has 7 heteroatoms. The van der Waals surface area contributed by atoms with Crippen molar-refractivity contribution in [1.82, 2.24) is 0 Å². The molecule has 0 radical (unpaired) electrons. The Kier molecular flexibility index (Phi) is 4.22. The van der Waals surface area contributed by atoms with Gasteiger partial charge in [-0.05, 0) is 43.7 Å². The van der Waals surface area contributed by atoms with E-state index in [-0.39, 0.29) is 22.7 Å². The molecule has 1 atom stereocenters. The number of hydrogen-bond acceptors (Lipinski definition) is 4. The second-order valence-corrected chi connectivity index (χ2v) is 6.64. The fourth-order valence-corrected chi connectivity index (χ4v) is 3.38. The van der Waals surface area contributed by atoms with Gasteiger partial charge in [0.15, 0.2) is 0 Å². The van der Waals surface area contributed by atoms with Crippen LogP contribution in [0.4, 0.5) is 5.69 Å². The second kappa shape index (κ2) is 5.77. The van der Waals surface area contributed by atoms with Crippen LogP contribution in [0.5, 0.6) is 0 Å². The normalized spacial score (nSPS) is 21.0. The average Bonchev–Trinajstić information content (AvgIpc) is 2.86. The molecule has 0 aliphatic carbocycles. The lowest BCUT2D eigenvalue weighted by Gasteiger charge is -2.21. The zero-order valence-corrected chi connectivity index (χ0v) is 12.2. The summed E-state index contributed by atoms with van der Waals surface area (Å²) in [5.74, 6) is -1.81. The highest BCUT2D eigenvalue weighted by Crippen LogP contribution is 2.38. The van der Waals surface area contributed by atoms with Crippen LogP contribution >= 0.6 is 11.8 Å². The molecule has 1 fully saturated rings. The summed E-state index contributed by atoms with van der Waals surface area (Å²) in [6.07, 6.45) is 1.69. The Morgan fingerprint density at radius 2 is 1.71 bits per heavy atom. The van der Waals surface area contributed by atoms with E-state index in [1.807, 2.05) is 6.92 Å². The van der Waals surface area contributed by atoms with E-state index in [9.17, 15) is 14.4 Å². The van der Waals surface area contributed by atoms with Gasteiger partial charge in [0.1, 0.15) is 0 Å². The maximum atomic E-state index is 12.3. The molecule has 1 heterocycles. The van der Waals surface area contributed by atoms with Crippen molar-refractivity contribution in [2.75, 3.05) is 11.1 Å². The molecule has 1 saturated heterocycles. The van der Waals surface area contributed by atoms with E-state index in [1.54, 1.807) is 11.8 Å². The maximum Gasteiger partial charge on any atom is 0.335 e. The largest absolute Gasteiger partial charge is 0.478 e. The fourth-order valence-electron chi connectivity index (χ4n) is 2.17. The third-order valence-electron chi connectivity index (χ3n) is 3.38. The van der Waals surface area contributed by atoms with Crippen LogP contribution in [0.15, 0.2) is 18.2 Å². The van der Waals surface area contributed by atoms with Gasteiger partial charge in [0.2, 0.25) is 5.91 Å². The number of aromatic carboxylic acids is 2. The molecule has 1 unspecified atom stereocenters. The van der Waals surface area contributed by atoms with Gasteiger partial charge in [-0.15, -0.1) is 11.8 Å². The smallest absolute Gasteiger partial charge is 0.335 e. The number of carbonyl (C=O) groups is 3. The first kappa shape index (κ1) is 15.4. The molecule has 1 aliphatic rings. The van der Waals surface area contributed by atoms with Crippen molar-refractivity contribution in [3.63, 3.8) is 0 Å². The first-order chi connectivity index (χ1) is 9.82. The molecular weight excluding hydrogens is 294 g/mol. The molecule has 6 nitrogen and oxygen atoms in total. The van der Waals surface area contributed by atoms with Gasteiger partial charge in [-0.3, -0.25) is 4.79 Å². The Morgan fingerprint density at radius 1 is 1.14 bits per heavy atom. The van der Waals surface area contributed by atoms with E-state index in [4.69, 9.17) is 10.2 Å². The number of nitrogens with one attached hydrogen (secondary N) is 1. The van der Waals surface area contributed by atoms with Crippen LogP contribution in [0.1, 0.15) is 40.5 Å². The Labute approximate surface area is 125 Å². The van der Waals surface area contributed by atoms with Crippen molar-refractivity contribution in [2.45, 2.75) is 24.5 Å². The van der Waals surface area contributed by atoms with Gasteiger partial charge in [-0.1, -0.05) is 0 Å². The molecule has 1 aromatic rings. The van der Waals surface area contributed by atoms with Crippen LogP contribution in [0.2, 0.25) is 0 Å². The van der Waals surface area contributed by atoms with Crippen LogP contribution in [0.25, 0.3) is 0 Å². The Balaban J connectivity index is 2.28. The molecule has 0 spiro atoms. The number of carboxylic acids is 2. The summed E-state index contributed by atoms with van der Waals surface area (Å²) in [5.41, 5.74) is -0.158. The van der Waals surface area contributed by atoms with Gasteiger partial charge in [0, 0.05) is 5.69 Å². The third kappa shape index (κ3) is 3.36. The number of carbonyl (C=O) groups excluding carboxylic acids is 1. The van der Waals surface area contributed by atoms with Gasteiger partial charge >= 0.3 is 11.9 Å². The molecule has 2 rings (SSSR count). The highest BCUT2D eigenvalue weighted by Gasteiger charge is 2.37. The summed E-state index contributed by atoms with van der Waals surface area (Å²) in [6, 6.07) is 3.58. The number of anilines is 1. The molecule has 0 bridgehead atoms. The molecule has 21 heavy (non-hydrogen) atoms. The van der Waals surface area contributed by atoms with Crippen LogP contribution in [0.3, 0.4) is 0 Å². The number of thioether (sulfide) groups is 1. The van der Waals surface area contributed by atoms with Crippen LogP contribution in [-0.4, -0.2) is 38.6 Å². The molecule has 112 valence electrons. The SMILES string of the molecule is CC1(C(=O)Nc2cc(C(=O)O)cc(C(=O)O)c2)CCCS1. The van der Waals surface area contributed by atoms with Crippen LogP contribution in [-0.2, 0) is 4.79 Å². The van der Waals surface area contributed by atoms with E-state index >= 15 is 0 Å². The third-order valence-corrected chi connectivity index (χ3v) is 4.90. The van der Waals surface area contributed by atoms with E-state index in [0.717, 1.165) is 24.7 Å². The van der Waals surface area contributed by atoms with Crippen molar-refractivity contribution in [3.8, 4) is 0 Å². The molecule has 0 saturated carbocycles. The first-order valence-corrected chi connectivity index (χ1v) is 7.37. The molecule has 3 N–H and O–H groups in total. The summed E-state index contributed by atoms with van der Waals surface area (Å²) in [5, 5.41) is 20.6. The molecule has 1 amide bonds. The Hall–Kier alpha value is -2.02. The lowest BCUT2D eigenvalue weighted by molar-refractivity contribution is -0.118. The summed E-state index contributed by atoms with van der Waals surface area (Å²) in [7, 11) is 0. The fraction of sp³-hybridized carbons (Fsp3) is 0.357. The Morgan fingerprint density at radius 3 is 2.14 bits per heavy atom. The predicted molar refractivity (Wildman–Crippen MR) is 79.1 cm³/mol. The van der Waals surface area contributed by atoms with Crippen LogP contribution in [0, 0.1) is 0 Å². The summed E-state index contributed by atoms with van der Waals surface area (Å²) < 4.78 is -0.553. The van der Waals surface area contributed by atoms with Crippen molar-refractivity contribution >= 4 is 35.3 Å². The van der Waals surface area contributed by atoms with Crippen molar-refractivity contribution in [1.29, 1.82) is 0 Å². The predicted octanol–water partition coefficient (Wildman–Crippen LogP) is 2.31. The van der Waals surface area contributed by atoms with E-state index in [2.05, 4.69) is 5.32 Å². The number of hydrogen-bond donors (Lipinski definition) is 3. The molecule has 1 aliphatic heterocycles. The van der Waals surface area contributed by atoms with E-state index in [1.165, 1.54) is 12.1 Å². The number of benzene rings is 1. The summed E-state index contributed by atoms with van der Waals surface area (Å²) in [6.45, 7) is 1.83. The monoisotopic (exact) mass is 309 g/mol. The lowest BCUT2D eigenvalue weighted by Crippen LogP contribution is -2.34. The quantitative estimate of drug-likeness (QED) is 0.788. The number of rotatable bonds is 4. The van der Waals surface area contributed by atoms with Crippen molar-refractivity contribution in [2.24, 2.45) is 0 Å². The van der Waals surface area contributed by atoms with E-state index in [0.29, 0.717) is 0 Å². The molecular formula is C14H15NO5S. The first-order valence-electron chi connectivity index (χ1n) is 6.39. The zero-order chi connectivity index (χ0) is 15.6. The van der Waals surface area contributed by atoms with Gasteiger partial charge in [0.25, 0.3) is 0 Å². The minimum atomic E-state index is -1.24. The highest BCUT2D eigenvalue weighted by molar-refractivity contribution is 8.01. The average molecular weight is 309 g/mol. The second-order valence-electron chi connectivity index (χ2n) is 5.05. The Bertz CT molecular complexity index is 575. The van der Waals surface area contributed by atoms with Crippen molar-refractivity contribution in [3.05, 3.63) is 29.3 Å². The topological polar surface area (TPSA) is 104 Å². The molecule has 0 aromatic heterocycles. The lowest BCUT2D eigenvalue weighted by atomic mass is 10.0. The minimum Gasteiger partial charge on any atom is -0.478 e. The number of carboxylic acid groups (broad SMARTS) is 2. The van der Waals surface area contributed by atoms with Crippen LogP contribution < -0.4 is 5.32 Å². The minimum absolute atomic E-state index is 0.172. The van der Waals surface area contributed by atoms with Crippen molar-refractivity contribution < 1.29 is 24.6 Å². The number of amides is 1. The standard InChI is InChI=1S/C14H15NO5S/c1-14(3-2-4-21-14)13(20)15-10-6-8(11(16)17)5-9(7-10)12(18)19/h5-7H,2-4H2,1H3,(H,15,20)(H,16,17)(H,18,19). The maximum absolute atomic E-state index is 12.3. The van der Waals surface area contributed by atoms with Gasteiger partial charge in [-0.25, -0.2) is 9.59 Å². The van der Waals surface area contributed by atoms with Gasteiger partial charge in [-0.2, -0.15) is 0 Å². The summed E-state index contributed by atoms with van der Waals surface area (Å²) in [4.78, 5) is 34.3. The summed E-state index contributed by atoms with van der Waals surface area (Å²) >= 11 is 1.55.